The molecule has 2 bridgehead atoms. The third kappa shape index (κ3) is 3.16. The Bertz CT molecular complexity index is 990. The van der Waals surface area contributed by atoms with Gasteiger partial charge >= 0.3 is 0 Å². The predicted molar refractivity (Wildman–Crippen MR) is 120 cm³/mol. The van der Waals surface area contributed by atoms with Crippen molar-refractivity contribution in [2.24, 2.45) is 5.92 Å². The molecule has 0 saturated carbocycles. The minimum atomic E-state index is 0. The summed E-state index contributed by atoms with van der Waals surface area (Å²) in [6.45, 7) is 6.86. The number of thiophene rings is 1. The first-order valence-corrected chi connectivity index (χ1v) is 11.2. The molecule has 1 N–H and O–H groups in total. The summed E-state index contributed by atoms with van der Waals surface area (Å²) >= 11 is 3.21. The van der Waals surface area contributed by atoms with Crippen LogP contribution in [0.25, 0.3) is 20.7 Å². The van der Waals surface area contributed by atoms with Crippen LogP contribution < -0.4 is 5.32 Å². The van der Waals surface area contributed by atoms with Crippen molar-refractivity contribution in [2.45, 2.75) is 38.3 Å². The lowest BCUT2D eigenvalue weighted by Crippen LogP contribution is -2.69. The number of aromatic nitrogens is 1. The Kier molecular flexibility index (Phi) is 5.25. The molecule has 148 valence electrons. The largest absolute Gasteiger partial charge is 0.346 e. The van der Waals surface area contributed by atoms with E-state index in [9.17, 15) is 4.79 Å². The van der Waals surface area contributed by atoms with Crippen LogP contribution in [0.2, 0.25) is 0 Å². The number of fused-ring (bicyclic) bond motifs is 4. The average Bonchev–Trinajstić information content (AvgIpc) is 3.34. The Morgan fingerprint density at radius 1 is 1.29 bits per heavy atom. The van der Waals surface area contributed by atoms with Crippen LogP contribution in [0.4, 0.5) is 0 Å². The lowest BCUT2D eigenvalue weighted by molar-refractivity contribution is -0.0377. The zero-order chi connectivity index (χ0) is 18.6. The summed E-state index contributed by atoms with van der Waals surface area (Å²) in [6.07, 6.45) is 4.21. The number of nitrogens with one attached hydrogen (secondary N) is 1. The first kappa shape index (κ1) is 19.8. The third-order valence-corrected chi connectivity index (χ3v) is 8.29. The van der Waals surface area contributed by atoms with E-state index in [4.69, 9.17) is 0 Å². The standard InChI is InChI=1S/C21H23N3OS2.ClH/c1-21(2)18(13-6-9-24(21)10-7-13)23-19(25)16-12-14-4-3-5-15(17(14)27-16)20-22-8-11-26-20;/h3-5,8,11-13,18H,6-7,9-10H2,1-2H3,(H,23,25);1H/t18-;/m1./s1. The second-order valence-corrected chi connectivity index (χ2v) is 10.0. The van der Waals surface area contributed by atoms with Crippen molar-refractivity contribution in [1.29, 1.82) is 0 Å². The van der Waals surface area contributed by atoms with Gasteiger partial charge in [0.15, 0.2) is 0 Å². The highest BCUT2D eigenvalue weighted by molar-refractivity contribution is 7.22. The molecule has 0 unspecified atom stereocenters. The molecule has 0 aliphatic carbocycles. The number of thiazole rings is 1. The van der Waals surface area contributed by atoms with Crippen LogP contribution in [-0.2, 0) is 0 Å². The Morgan fingerprint density at radius 3 is 2.75 bits per heavy atom. The van der Waals surface area contributed by atoms with Crippen molar-refractivity contribution < 1.29 is 4.79 Å². The van der Waals surface area contributed by atoms with E-state index in [-0.39, 0.29) is 29.9 Å². The summed E-state index contributed by atoms with van der Waals surface area (Å²) in [5, 5.41) is 7.50. The molecule has 5 heterocycles. The van der Waals surface area contributed by atoms with Gasteiger partial charge in [-0.2, -0.15) is 0 Å². The van der Waals surface area contributed by atoms with Gasteiger partial charge in [0.2, 0.25) is 0 Å². The quantitative estimate of drug-likeness (QED) is 0.628. The van der Waals surface area contributed by atoms with Crippen molar-refractivity contribution in [2.75, 3.05) is 13.1 Å². The fraction of sp³-hybridized carbons (Fsp3) is 0.429. The summed E-state index contributed by atoms with van der Waals surface area (Å²) in [6, 6.07) is 8.47. The van der Waals surface area contributed by atoms with Gasteiger partial charge in [0, 0.05) is 33.4 Å². The van der Waals surface area contributed by atoms with Gasteiger partial charge in [-0.25, -0.2) is 4.98 Å². The van der Waals surface area contributed by atoms with Gasteiger partial charge in [0.25, 0.3) is 5.91 Å². The van der Waals surface area contributed by atoms with E-state index in [0.717, 1.165) is 38.6 Å². The van der Waals surface area contributed by atoms with Crippen LogP contribution in [0.5, 0.6) is 0 Å². The molecule has 1 amide bonds. The van der Waals surface area contributed by atoms with Gasteiger partial charge in [-0.05, 0) is 57.1 Å². The van der Waals surface area contributed by atoms with Gasteiger partial charge in [-0.15, -0.1) is 35.1 Å². The lowest BCUT2D eigenvalue weighted by atomic mass is 9.72. The minimum Gasteiger partial charge on any atom is -0.346 e. The molecule has 1 atom stereocenters. The van der Waals surface area contributed by atoms with Crippen molar-refractivity contribution in [3.8, 4) is 10.6 Å². The third-order valence-electron chi connectivity index (χ3n) is 6.30. The number of amides is 1. The molecule has 28 heavy (non-hydrogen) atoms. The SMILES string of the molecule is CC1(C)[C@H](NC(=O)c2cc3cccc(-c4nccs4)c3s2)C2CCN1CC2.Cl. The zero-order valence-corrected chi connectivity index (χ0v) is 18.4. The van der Waals surface area contributed by atoms with Crippen LogP contribution in [-0.4, -0.2) is 40.5 Å². The van der Waals surface area contributed by atoms with Crippen LogP contribution in [0.3, 0.4) is 0 Å². The topological polar surface area (TPSA) is 45.2 Å². The number of nitrogens with zero attached hydrogens (tertiary/aromatic N) is 2. The molecule has 0 radical (unpaired) electrons. The smallest absolute Gasteiger partial charge is 0.261 e. The number of hydrogen-bond acceptors (Lipinski definition) is 5. The molecule has 3 aliphatic rings. The Labute approximate surface area is 179 Å². The van der Waals surface area contributed by atoms with Gasteiger partial charge in [-0.3, -0.25) is 9.69 Å². The van der Waals surface area contributed by atoms with Crippen molar-refractivity contribution in [3.05, 3.63) is 40.7 Å². The van der Waals surface area contributed by atoms with Crippen molar-refractivity contribution in [1.82, 2.24) is 15.2 Å². The highest BCUT2D eigenvalue weighted by Gasteiger charge is 2.48. The molecule has 6 rings (SSSR count). The Morgan fingerprint density at radius 2 is 2.07 bits per heavy atom. The Balaban J connectivity index is 0.00000192. The van der Waals surface area contributed by atoms with Crippen molar-refractivity contribution >= 4 is 51.1 Å². The highest BCUT2D eigenvalue weighted by atomic mass is 35.5. The number of hydrogen-bond donors (Lipinski definition) is 1. The summed E-state index contributed by atoms with van der Waals surface area (Å²) < 4.78 is 1.14. The predicted octanol–water partition coefficient (Wildman–Crippen LogP) is 5.05. The molecule has 1 aromatic carbocycles. The van der Waals surface area contributed by atoms with E-state index in [1.54, 1.807) is 22.7 Å². The first-order valence-electron chi connectivity index (χ1n) is 9.52. The maximum atomic E-state index is 13.1. The molecule has 2 aromatic heterocycles. The van der Waals surface area contributed by atoms with Crippen LogP contribution in [0.15, 0.2) is 35.8 Å². The molecule has 3 aliphatic heterocycles. The summed E-state index contributed by atoms with van der Waals surface area (Å²) in [5.74, 6) is 0.655. The van der Waals surface area contributed by atoms with E-state index >= 15 is 0 Å². The number of carbonyl (C=O) groups is 1. The van der Waals surface area contributed by atoms with Crippen LogP contribution >= 0.6 is 35.1 Å². The van der Waals surface area contributed by atoms with Gasteiger partial charge in [0.1, 0.15) is 5.01 Å². The molecule has 3 saturated heterocycles. The van der Waals surface area contributed by atoms with Crippen molar-refractivity contribution in [3.63, 3.8) is 0 Å². The van der Waals surface area contributed by atoms with Gasteiger partial charge in [0.05, 0.1) is 4.88 Å². The van der Waals surface area contributed by atoms with E-state index < -0.39 is 0 Å². The van der Waals surface area contributed by atoms with Gasteiger partial charge < -0.3 is 5.32 Å². The zero-order valence-electron chi connectivity index (χ0n) is 16.0. The first-order chi connectivity index (χ1) is 13.0. The molecule has 3 aromatic rings. The van der Waals surface area contributed by atoms with Crippen LogP contribution in [0, 0.1) is 5.92 Å². The van der Waals surface area contributed by atoms with Gasteiger partial charge in [-0.1, -0.05) is 18.2 Å². The highest BCUT2D eigenvalue weighted by Crippen LogP contribution is 2.40. The molecule has 4 nitrogen and oxygen atoms in total. The number of piperidine rings is 3. The summed E-state index contributed by atoms with van der Waals surface area (Å²) in [4.78, 5) is 20.9. The maximum Gasteiger partial charge on any atom is 0.261 e. The molecule has 0 spiro atoms. The second kappa shape index (κ2) is 7.41. The summed E-state index contributed by atoms with van der Waals surface area (Å²) in [5.41, 5.74) is 1.15. The maximum absolute atomic E-state index is 13.1. The van der Waals surface area contributed by atoms with E-state index in [1.807, 2.05) is 23.7 Å². The number of rotatable bonds is 3. The van der Waals surface area contributed by atoms with E-state index in [0.29, 0.717) is 5.92 Å². The second-order valence-electron chi connectivity index (χ2n) is 8.10. The number of carbonyl (C=O) groups excluding carboxylic acids is 1. The Hall–Kier alpha value is -1.47. The van der Waals surface area contributed by atoms with Crippen LogP contribution in [0.1, 0.15) is 36.4 Å². The average molecular weight is 434 g/mol. The van der Waals surface area contributed by atoms with E-state index in [2.05, 4.69) is 41.2 Å². The molecular weight excluding hydrogens is 410 g/mol. The fourth-order valence-corrected chi connectivity index (χ4v) is 6.60. The lowest BCUT2D eigenvalue weighted by Gasteiger charge is -2.56. The summed E-state index contributed by atoms with van der Waals surface area (Å²) in [7, 11) is 0. The normalized spacial score (nSPS) is 25.4. The molecular formula is C21H24ClN3OS2. The monoisotopic (exact) mass is 433 g/mol. The fourth-order valence-electron chi connectivity index (χ4n) is 4.79. The molecule has 7 heteroatoms. The molecule has 3 fully saturated rings. The number of halogens is 1. The van der Waals surface area contributed by atoms with E-state index in [1.165, 1.54) is 12.8 Å². The number of benzene rings is 1. The minimum absolute atomic E-state index is 0.